The van der Waals surface area contributed by atoms with Crippen molar-refractivity contribution in [1.82, 2.24) is 20.2 Å². The number of hydrogen-bond acceptors (Lipinski definition) is 9. The third-order valence-electron chi connectivity index (χ3n) is 2.20. The van der Waals surface area contributed by atoms with Crippen LogP contribution in [0.4, 0.5) is 9.93 Å². The Hall–Kier alpha value is -2.62. The molecule has 1 N–H and O–H groups in total. The van der Waals surface area contributed by atoms with Crippen molar-refractivity contribution in [3.63, 3.8) is 0 Å². The van der Waals surface area contributed by atoms with Crippen molar-refractivity contribution in [3.8, 4) is 5.19 Å². The van der Waals surface area contributed by atoms with E-state index in [0.717, 1.165) is 11.3 Å². The van der Waals surface area contributed by atoms with E-state index in [2.05, 4.69) is 25.5 Å². The number of amides is 1. The van der Waals surface area contributed by atoms with E-state index in [-0.39, 0.29) is 22.6 Å². The highest BCUT2D eigenvalue weighted by Crippen LogP contribution is 2.23. The summed E-state index contributed by atoms with van der Waals surface area (Å²) in [6, 6.07) is 0. The molecule has 0 aliphatic carbocycles. The highest BCUT2D eigenvalue weighted by molar-refractivity contribution is 7.17. The Labute approximate surface area is 136 Å². The van der Waals surface area contributed by atoms with Crippen LogP contribution < -0.4 is 10.1 Å². The molecule has 23 heavy (non-hydrogen) atoms. The highest BCUT2D eigenvalue weighted by Gasteiger charge is 2.17. The van der Waals surface area contributed by atoms with Gasteiger partial charge in [0, 0.05) is 0 Å². The molecule has 1 amide bonds. The third kappa shape index (κ3) is 5.58. The van der Waals surface area contributed by atoms with Crippen molar-refractivity contribution in [2.24, 2.45) is 0 Å². The van der Waals surface area contributed by atoms with Gasteiger partial charge in [0.2, 0.25) is 5.13 Å². The quantitative estimate of drug-likeness (QED) is 0.824. The molecule has 0 unspecified atom stereocenters. The highest BCUT2D eigenvalue weighted by atomic mass is 32.1. The second-order valence-corrected chi connectivity index (χ2v) is 6.28. The number of aromatic nitrogens is 4. The topological polar surface area (TPSA) is 116 Å². The summed E-state index contributed by atoms with van der Waals surface area (Å²) in [5.41, 5.74) is 0.182. The maximum absolute atomic E-state index is 11.6. The van der Waals surface area contributed by atoms with E-state index in [1.165, 1.54) is 12.4 Å². The van der Waals surface area contributed by atoms with Gasteiger partial charge in [-0.2, -0.15) is 0 Å². The monoisotopic (exact) mass is 337 g/mol. The first-order valence-corrected chi connectivity index (χ1v) is 7.40. The van der Waals surface area contributed by atoms with Crippen molar-refractivity contribution in [1.29, 1.82) is 0 Å². The maximum Gasteiger partial charge on any atom is 0.414 e. The van der Waals surface area contributed by atoms with Gasteiger partial charge in [-0.15, -0.1) is 5.10 Å². The van der Waals surface area contributed by atoms with Crippen LogP contribution in [0.15, 0.2) is 12.4 Å². The van der Waals surface area contributed by atoms with E-state index in [9.17, 15) is 9.59 Å². The molecule has 0 aliphatic heterocycles. The molecule has 2 heterocycles. The predicted octanol–water partition coefficient (Wildman–Crippen LogP) is 2.07. The predicted molar refractivity (Wildman–Crippen MR) is 81.5 cm³/mol. The Morgan fingerprint density at radius 1 is 1.30 bits per heavy atom. The normalized spacial score (nSPS) is 10.9. The minimum Gasteiger partial charge on any atom is -0.462 e. The summed E-state index contributed by atoms with van der Waals surface area (Å²) in [7, 11) is 0. The molecule has 0 aliphatic rings. The molecule has 2 aromatic rings. The zero-order chi connectivity index (χ0) is 16.9. The lowest BCUT2D eigenvalue weighted by atomic mass is 10.2. The zero-order valence-electron chi connectivity index (χ0n) is 12.8. The van der Waals surface area contributed by atoms with Crippen LogP contribution in [-0.4, -0.2) is 38.1 Å². The van der Waals surface area contributed by atoms with Gasteiger partial charge in [-0.25, -0.2) is 9.78 Å². The molecule has 0 radical (unpaired) electrons. The van der Waals surface area contributed by atoms with Crippen LogP contribution in [0.1, 0.15) is 37.0 Å². The van der Waals surface area contributed by atoms with Crippen LogP contribution in [-0.2, 0) is 11.3 Å². The fourth-order valence-corrected chi connectivity index (χ4v) is 1.93. The minimum atomic E-state index is -0.615. The average molecular weight is 337 g/mol. The van der Waals surface area contributed by atoms with Crippen LogP contribution in [0.25, 0.3) is 0 Å². The molecule has 122 valence electrons. The van der Waals surface area contributed by atoms with Crippen LogP contribution >= 0.6 is 11.3 Å². The van der Waals surface area contributed by atoms with Gasteiger partial charge in [0.05, 0.1) is 18.1 Å². The van der Waals surface area contributed by atoms with E-state index in [1.54, 1.807) is 20.8 Å². The number of anilines is 1. The number of carbonyl (C=O) groups is 2. The summed E-state index contributed by atoms with van der Waals surface area (Å²) in [4.78, 5) is 30.0. The molecule has 0 fully saturated rings. The van der Waals surface area contributed by atoms with Crippen LogP contribution in [0, 0.1) is 0 Å². The summed E-state index contributed by atoms with van der Waals surface area (Å²) in [6.07, 6.45) is 2.78. The van der Waals surface area contributed by atoms with Gasteiger partial charge >= 0.3 is 6.09 Å². The van der Waals surface area contributed by atoms with Gasteiger partial charge in [0.15, 0.2) is 6.29 Å². The van der Waals surface area contributed by atoms with Crippen molar-refractivity contribution in [2.75, 3.05) is 5.32 Å². The van der Waals surface area contributed by atoms with Gasteiger partial charge in [0.1, 0.15) is 17.9 Å². The van der Waals surface area contributed by atoms with Gasteiger partial charge in [-0.3, -0.25) is 15.1 Å². The van der Waals surface area contributed by atoms with Crippen LogP contribution in [0.2, 0.25) is 0 Å². The Balaban J connectivity index is 1.86. The maximum atomic E-state index is 11.6. The smallest absolute Gasteiger partial charge is 0.414 e. The van der Waals surface area contributed by atoms with Crippen LogP contribution in [0.5, 0.6) is 5.19 Å². The first kappa shape index (κ1) is 16.7. The molecule has 0 saturated heterocycles. The molecule has 0 atom stereocenters. The number of hydrogen-bond donors (Lipinski definition) is 1. The van der Waals surface area contributed by atoms with E-state index >= 15 is 0 Å². The van der Waals surface area contributed by atoms with Crippen molar-refractivity contribution < 1.29 is 19.1 Å². The lowest BCUT2D eigenvalue weighted by Crippen LogP contribution is -2.27. The lowest BCUT2D eigenvalue weighted by Gasteiger charge is -2.18. The minimum absolute atomic E-state index is 0.118. The number of nitrogens with zero attached hydrogens (tertiary/aromatic N) is 4. The number of rotatable bonds is 5. The van der Waals surface area contributed by atoms with Gasteiger partial charge in [0.25, 0.3) is 5.19 Å². The van der Waals surface area contributed by atoms with E-state index < -0.39 is 11.7 Å². The summed E-state index contributed by atoms with van der Waals surface area (Å²) in [5.74, 6) is 0. The third-order valence-corrected chi connectivity index (χ3v) is 2.96. The van der Waals surface area contributed by atoms with Crippen LogP contribution in [0.3, 0.4) is 0 Å². The summed E-state index contributed by atoms with van der Waals surface area (Å²) < 4.78 is 10.5. The fraction of sp³-hybridized carbons (Fsp3) is 0.385. The van der Waals surface area contributed by atoms with Gasteiger partial charge in [-0.1, -0.05) is 5.10 Å². The number of carbonyl (C=O) groups excluding carboxylic acids is 2. The second kappa shape index (κ2) is 7.09. The zero-order valence-corrected chi connectivity index (χ0v) is 13.6. The average Bonchev–Trinajstić information content (AvgIpc) is 2.91. The summed E-state index contributed by atoms with van der Waals surface area (Å²) in [6.45, 7) is 5.40. The molecule has 0 spiro atoms. The number of ether oxygens (including phenoxy) is 2. The largest absolute Gasteiger partial charge is 0.462 e. The first-order chi connectivity index (χ1) is 10.9. The Morgan fingerprint density at radius 3 is 2.70 bits per heavy atom. The second-order valence-electron chi connectivity index (χ2n) is 5.34. The van der Waals surface area contributed by atoms with E-state index in [4.69, 9.17) is 9.47 Å². The molecule has 0 saturated carbocycles. The number of nitrogens with one attached hydrogen (secondary N) is 1. The van der Waals surface area contributed by atoms with E-state index in [1.807, 2.05) is 0 Å². The molecule has 2 aromatic heterocycles. The van der Waals surface area contributed by atoms with Crippen molar-refractivity contribution in [2.45, 2.75) is 33.0 Å². The first-order valence-electron chi connectivity index (χ1n) is 6.58. The number of aldehydes is 1. The van der Waals surface area contributed by atoms with Crippen molar-refractivity contribution in [3.05, 3.63) is 23.8 Å². The van der Waals surface area contributed by atoms with Crippen molar-refractivity contribution >= 4 is 28.8 Å². The molecule has 10 heteroatoms. The standard InChI is InChI=1S/C13H15N5O4S/c1-13(2,3)22-11(20)16-10-17-18-12(23-10)21-7-9-5-14-8(6-19)4-15-9/h4-6H,7H2,1-3H3,(H,16,17,20). The lowest BCUT2D eigenvalue weighted by molar-refractivity contribution is 0.0635. The molecule has 2 rings (SSSR count). The van der Waals surface area contributed by atoms with Gasteiger partial charge in [-0.05, 0) is 32.1 Å². The molecule has 0 bridgehead atoms. The summed E-state index contributed by atoms with van der Waals surface area (Å²) in [5, 5.41) is 10.6. The van der Waals surface area contributed by atoms with Gasteiger partial charge < -0.3 is 9.47 Å². The SMILES string of the molecule is CC(C)(C)OC(=O)Nc1nnc(OCc2cnc(C=O)cn2)s1. The molecular weight excluding hydrogens is 322 g/mol. The fourth-order valence-electron chi connectivity index (χ4n) is 1.35. The molecular formula is C13H15N5O4S. The Morgan fingerprint density at radius 2 is 2.09 bits per heavy atom. The summed E-state index contributed by atoms with van der Waals surface area (Å²) >= 11 is 1.05. The Kier molecular flexibility index (Phi) is 5.16. The molecule has 0 aromatic carbocycles. The Bertz CT molecular complexity index is 680. The molecule has 9 nitrogen and oxygen atoms in total. The van der Waals surface area contributed by atoms with E-state index in [0.29, 0.717) is 12.0 Å².